The number of pyridine rings is 1. The minimum absolute atomic E-state index is 0.897. The van der Waals surface area contributed by atoms with Crippen LogP contribution in [0.3, 0.4) is 0 Å². The topological polar surface area (TPSA) is 37.8 Å². The van der Waals surface area contributed by atoms with E-state index in [1.54, 1.807) is 17.5 Å². The van der Waals surface area contributed by atoms with E-state index in [0.29, 0.717) is 0 Å². The Kier molecular flexibility index (Phi) is 2.27. The molecule has 3 nitrogen and oxygen atoms in total. The SMILES string of the molecule is c1ccc(Nc2nc3ccncc3s2)cc1. The third-order valence-electron chi connectivity index (χ3n) is 2.22. The second-order valence-electron chi connectivity index (χ2n) is 3.35. The summed E-state index contributed by atoms with van der Waals surface area (Å²) in [6.07, 6.45) is 3.59. The lowest BCUT2D eigenvalue weighted by atomic mass is 10.3. The van der Waals surface area contributed by atoms with Gasteiger partial charge in [-0.3, -0.25) is 4.98 Å². The molecule has 2 aromatic heterocycles. The number of fused-ring (bicyclic) bond motifs is 1. The fourth-order valence-electron chi connectivity index (χ4n) is 1.48. The van der Waals surface area contributed by atoms with Gasteiger partial charge in [-0.05, 0) is 18.2 Å². The maximum absolute atomic E-state index is 4.48. The summed E-state index contributed by atoms with van der Waals surface area (Å²) in [7, 11) is 0. The van der Waals surface area contributed by atoms with Crippen molar-refractivity contribution >= 4 is 32.4 Å². The third-order valence-corrected chi connectivity index (χ3v) is 3.14. The lowest BCUT2D eigenvalue weighted by Crippen LogP contribution is -1.87. The van der Waals surface area contributed by atoms with Crippen LogP contribution in [-0.4, -0.2) is 9.97 Å². The summed E-state index contributed by atoms with van der Waals surface area (Å²) >= 11 is 1.61. The molecule has 0 spiro atoms. The molecule has 2 heterocycles. The largest absolute Gasteiger partial charge is 0.332 e. The van der Waals surface area contributed by atoms with Crippen LogP contribution in [0.4, 0.5) is 10.8 Å². The molecule has 0 saturated heterocycles. The van der Waals surface area contributed by atoms with Gasteiger partial charge in [0.1, 0.15) is 0 Å². The smallest absolute Gasteiger partial charge is 0.188 e. The third kappa shape index (κ3) is 1.75. The first-order valence-corrected chi connectivity index (χ1v) is 5.76. The van der Waals surface area contributed by atoms with Gasteiger partial charge in [-0.2, -0.15) is 0 Å². The Morgan fingerprint density at radius 2 is 1.94 bits per heavy atom. The van der Waals surface area contributed by atoms with Gasteiger partial charge < -0.3 is 5.32 Å². The fourth-order valence-corrected chi connectivity index (χ4v) is 2.33. The molecule has 0 bridgehead atoms. The fraction of sp³-hybridized carbons (Fsp3) is 0. The Hall–Kier alpha value is -1.94. The van der Waals surface area contributed by atoms with Crippen molar-refractivity contribution in [2.24, 2.45) is 0 Å². The molecule has 0 amide bonds. The predicted molar refractivity (Wildman–Crippen MR) is 67.1 cm³/mol. The monoisotopic (exact) mass is 227 g/mol. The average molecular weight is 227 g/mol. The van der Waals surface area contributed by atoms with Gasteiger partial charge in [0.15, 0.2) is 5.13 Å². The second-order valence-corrected chi connectivity index (χ2v) is 4.38. The number of thiazole rings is 1. The van der Waals surface area contributed by atoms with Gasteiger partial charge in [0.25, 0.3) is 0 Å². The zero-order valence-corrected chi connectivity index (χ0v) is 9.24. The van der Waals surface area contributed by atoms with Crippen LogP contribution in [0, 0.1) is 0 Å². The summed E-state index contributed by atoms with van der Waals surface area (Å²) < 4.78 is 1.10. The van der Waals surface area contributed by atoms with Crippen molar-refractivity contribution in [2.45, 2.75) is 0 Å². The molecular weight excluding hydrogens is 218 g/mol. The van der Waals surface area contributed by atoms with Crippen LogP contribution >= 0.6 is 11.3 Å². The number of aromatic nitrogens is 2. The zero-order chi connectivity index (χ0) is 10.8. The van der Waals surface area contributed by atoms with Crippen LogP contribution in [0.1, 0.15) is 0 Å². The molecule has 0 fully saturated rings. The molecule has 78 valence electrons. The van der Waals surface area contributed by atoms with E-state index in [-0.39, 0.29) is 0 Å². The Balaban J connectivity index is 1.95. The van der Waals surface area contributed by atoms with E-state index in [4.69, 9.17) is 0 Å². The second kappa shape index (κ2) is 3.90. The molecule has 0 unspecified atom stereocenters. The maximum atomic E-state index is 4.48. The quantitative estimate of drug-likeness (QED) is 0.728. The molecular formula is C12H9N3S. The summed E-state index contributed by atoms with van der Waals surface area (Å²) in [4.78, 5) is 8.55. The van der Waals surface area contributed by atoms with Gasteiger partial charge in [-0.15, -0.1) is 0 Å². The van der Waals surface area contributed by atoms with Crippen molar-refractivity contribution in [1.29, 1.82) is 0 Å². The Morgan fingerprint density at radius 1 is 1.06 bits per heavy atom. The van der Waals surface area contributed by atoms with E-state index < -0.39 is 0 Å². The van der Waals surface area contributed by atoms with Crippen molar-refractivity contribution < 1.29 is 0 Å². The van der Waals surface area contributed by atoms with Gasteiger partial charge in [0, 0.05) is 18.1 Å². The summed E-state index contributed by atoms with van der Waals surface area (Å²) in [5.41, 5.74) is 2.04. The van der Waals surface area contributed by atoms with Crippen LogP contribution in [-0.2, 0) is 0 Å². The number of nitrogens with zero attached hydrogens (tertiary/aromatic N) is 2. The molecule has 0 saturated carbocycles. The van der Waals surface area contributed by atoms with Crippen molar-refractivity contribution in [3.8, 4) is 0 Å². The number of benzene rings is 1. The van der Waals surface area contributed by atoms with E-state index in [1.807, 2.05) is 42.6 Å². The summed E-state index contributed by atoms with van der Waals surface area (Å²) in [5, 5.41) is 4.17. The number of rotatable bonds is 2. The van der Waals surface area contributed by atoms with Crippen molar-refractivity contribution in [2.75, 3.05) is 5.32 Å². The first kappa shape index (κ1) is 9.30. The highest BCUT2D eigenvalue weighted by molar-refractivity contribution is 7.22. The molecule has 0 atom stereocenters. The number of anilines is 2. The molecule has 3 aromatic rings. The first-order valence-electron chi connectivity index (χ1n) is 4.94. The molecule has 4 heteroatoms. The minimum Gasteiger partial charge on any atom is -0.332 e. The molecule has 1 aromatic carbocycles. The van der Waals surface area contributed by atoms with Crippen LogP contribution in [0.2, 0.25) is 0 Å². The molecule has 1 N–H and O–H groups in total. The number of nitrogens with one attached hydrogen (secondary N) is 1. The maximum Gasteiger partial charge on any atom is 0.188 e. The van der Waals surface area contributed by atoms with E-state index in [2.05, 4.69) is 15.3 Å². The first-order chi connectivity index (χ1) is 7.92. The number of hydrogen-bond acceptors (Lipinski definition) is 4. The molecule has 0 aliphatic heterocycles. The Labute approximate surface area is 96.8 Å². The normalized spacial score (nSPS) is 10.5. The van der Waals surface area contributed by atoms with Crippen LogP contribution < -0.4 is 5.32 Å². The van der Waals surface area contributed by atoms with E-state index in [1.165, 1.54) is 0 Å². The average Bonchev–Trinajstić information content (AvgIpc) is 2.72. The Morgan fingerprint density at radius 3 is 2.75 bits per heavy atom. The van der Waals surface area contributed by atoms with E-state index in [0.717, 1.165) is 21.0 Å². The van der Waals surface area contributed by atoms with Gasteiger partial charge in [-0.25, -0.2) is 4.98 Å². The lowest BCUT2D eigenvalue weighted by Gasteiger charge is -1.99. The van der Waals surface area contributed by atoms with Gasteiger partial charge in [0.05, 0.1) is 10.2 Å². The van der Waals surface area contributed by atoms with Crippen molar-refractivity contribution in [3.63, 3.8) is 0 Å². The van der Waals surface area contributed by atoms with Crippen LogP contribution in [0.25, 0.3) is 10.2 Å². The molecule has 0 aliphatic rings. The zero-order valence-electron chi connectivity index (χ0n) is 8.42. The van der Waals surface area contributed by atoms with Crippen LogP contribution in [0.15, 0.2) is 48.8 Å². The van der Waals surface area contributed by atoms with Gasteiger partial charge in [0.2, 0.25) is 0 Å². The molecule has 0 radical (unpaired) electrons. The molecule has 3 rings (SSSR count). The van der Waals surface area contributed by atoms with E-state index >= 15 is 0 Å². The van der Waals surface area contributed by atoms with Gasteiger partial charge in [-0.1, -0.05) is 29.5 Å². The van der Waals surface area contributed by atoms with Gasteiger partial charge >= 0.3 is 0 Å². The molecule has 16 heavy (non-hydrogen) atoms. The Bertz CT molecular complexity index is 571. The molecule has 0 aliphatic carbocycles. The highest BCUT2D eigenvalue weighted by Gasteiger charge is 2.02. The standard InChI is InChI=1S/C12H9N3S/c1-2-4-9(5-3-1)14-12-15-10-6-7-13-8-11(10)16-12/h1-8H,(H,14,15). The van der Waals surface area contributed by atoms with Crippen molar-refractivity contribution in [1.82, 2.24) is 9.97 Å². The highest BCUT2D eigenvalue weighted by Crippen LogP contribution is 2.27. The highest BCUT2D eigenvalue weighted by atomic mass is 32.1. The van der Waals surface area contributed by atoms with Crippen LogP contribution in [0.5, 0.6) is 0 Å². The number of para-hydroxylation sites is 1. The minimum atomic E-state index is 0.897. The predicted octanol–water partition coefficient (Wildman–Crippen LogP) is 3.43. The number of hydrogen-bond donors (Lipinski definition) is 1. The lowest BCUT2D eigenvalue weighted by molar-refractivity contribution is 1.35. The van der Waals surface area contributed by atoms with E-state index in [9.17, 15) is 0 Å². The summed E-state index contributed by atoms with van der Waals surface area (Å²) in [6, 6.07) is 11.9. The summed E-state index contributed by atoms with van der Waals surface area (Å²) in [5.74, 6) is 0. The summed E-state index contributed by atoms with van der Waals surface area (Å²) in [6.45, 7) is 0. The van der Waals surface area contributed by atoms with Crippen molar-refractivity contribution in [3.05, 3.63) is 48.8 Å².